The number of ether oxygens (including phenoxy) is 3. The number of methoxy groups -OCH3 is 2. The summed E-state index contributed by atoms with van der Waals surface area (Å²) in [7, 11) is 2.59. The number of carbonyl (C=O) groups excluding carboxylic acids is 3. The van der Waals surface area contributed by atoms with Crippen LogP contribution in [-0.4, -0.2) is 38.2 Å². The van der Waals surface area contributed by atoms with Gasteiger partial charge in [-0.25, -0.2) is 4.79 Å². The SMILES string of the molecule is COC(=O)c1c(NC(=O)[C@@H](C)Oc2ccc(-c3ccccc3)cc2)sc2c1[C@@H](C(=O)OC)CC2. The first-order valence-corrected chi connectivity index (χ1v) is 11.7. The molecule has 7 nitrogen and oxygen atoms in total. The van der Waals surface area contributed by atoms with Crippen molar-refractivity contribution in [3.63, 3.8) is 0 Å². The van der Waals surface area contributed by atoms with E-state index < -0.39 is 29.9 Å². The standard InChI is InChI=1S/C26H25NO6S/c1-15(33-18-11-9-17(10-12-18)16-7-5-4-6-8-16)23(28)27-24-22(26(30)32-3)21-19(25(29)31-2)13-14-20(21)34-24/h4-12,15,19H,13-14H2,1-3H3,(H,27,28)/t15-,19+/m1/s1. The van der Waals surface area contributed by atoms with Gasteiger partial charge in [-0.15, -0.1) is 11.3 Å². The highest BCUT2D eigenvalue weighted by Crippen LogP contribution is 2.46. The number of anilines is 1. The molecule has 0 fully saturated rings. The number of rotatable bonds is 7. The molecule has 0 spiro atoms. The van der Waals surface area contributed by atoms with Gasteiger partial charge in [-0.1, -0.05) is 42.5 Å². The highest BCUT2D eigenvalue weighted by Gasteiger charge is 2.38. The van der Waals surface area contributed by atoms with E-state index >= 15 is 0 Å². The van der Waals surface area contributed by atoms with Crippen LogP contribution >= 0.6 is 11.3 Å². The summed E-state index contributed by atoms with van der Waals surface area (Å²) in [5, 5.41) is 3.14. The number of fused-ring (bicyclic) bond motifs is 1. The number of nitrogens with one attached hydrogen (secondary N) is 1. The Balaban J connectivity index is 1.49. The summed E-state index contributed by atoms with van der Waals surface area (Å²) in [6, 6.07) is 17.4. The van der Waals surface area contributed by atoms with Crippen LogP contribution in [0.5, 0.6) is 5.75 Å². The summed E-state index contributed by atoms with van der Waals surface area (Å²) in [6.07, 6.45) is 0.366. The number of thiophene rings is 1. The second-order valence-electron chi connectivity index (χ2n) is 7.89. The van der Waals surface area contributed by atoms with Crippen molar-refractivity contribution in [1.29, 1.82) is 0 Å². The van der Waals surface area contributed by atoms with E-state index in [-0.39, 0.29) is 5.56 Å². The predicted octanol–water partition coefficient (Wildman–Crippen LogP) is 4.81. The molecule has 2 aromatic carbocycles. The first kappa shape index (κ1) is 23.5. The fraction of sp³-hybridized carbons (Fsp3) is 0.269. The zero-order valence-corrected chi connectivity index (χ0v) is 19.9. The van der Waals surface area contributed by atoms with E-state index in [4.69, 9.17) is 14.2 Å². The first-order chi connectivity index (χ1) is 16.4. The third kappa shape index (κ3) is 4.68. The molecule has 0 aliphatic heterocycles. The summed E-state index contributed by atoms with van der Waals surface area (Å²) in [5.74, 6) is -1.42. The molecule has 0 radical (unpaired) electrons. The van der Waals surface area contributed by atoms with Crippen LogP contribution in [-0.2, 0) is 25.5 Å². The van der Waals surface area contributed by atoms with Gasteiger partial charge in [0.1, 0.15) is 10.8 Å². The fourth-order valence-electron chi connectivity index (χ4n) is 4.06. The highest BCUT2D eigenvalue weighted by atomic mass is 32.1. The van der Waals surface area contributed by atoms with Crippen molar-refractivity contribution in [2.24, 2.45) is 0 Å². The monoisotopic (exact) mass is 479 g/mol. The highest BCUT2D eigenvalue weighted by molar-refractivity contribution is 7.17. The topological polar surface area (TPSA) is 90.9 Å². The zero-order chi connectivity index (χ0) is 24.2. The van der Waals surface area contributed by atoms with Crippen LogP contribution in [0.2, 0.25) is 0 Å². The Bertz CT molecular complexity index is 1200. The lowest BCUT2D eigenvalue weighted by atomic mass is 9.99. The van der Waals surface area contributed by atoms with Crippen LogP contribution in [0.15, 0.2) is 54.6 Å². The third-order valence-corrected chi connectivity index (χ3v) is 6.97. The summed E-state index contributed by atoms with van der Waals surface area (Å²) in [6.45, 7) is 1.64. The van der Waals surface area contributed by atoms with E-state index in [1.54, 1.807) is 6.92 Å². The van der Waals surface area contributed by atoms with Gasteiger partial charge in [-0.2, -0.15) is 0 Å². The third-order valence-electron chi connectivity index (χ3n) is 5.79. The molecule has 3 aromatic rings. The quantitative estimate of drug-likeness (QED) is 0.489. The Morgan fingerprint density at radius 1 is 0.971 bits per heavy atom. The van der Waals surface area contributed by atoms with Crippen molar-refractivity contribution in [1.82, 2.24) is 0 Å². The Kier molecular flexibility index (Phi) is 6.98. The molecule has 1 aliphatic rings. The van der Waals surface area contributed by atoms with Crippen LogP contribution in [0.4, 0.5) is 5.00 Å². The van der Waals surface area contributed by atoms with Crippen LogP contribution in [0.25, 0.3) is 11.1 Å². The maximum absolute atomic E-state index is 12.9. The van der Waals surface area contributed by atoms with E-state index in [0.717, 1.165) is 16.0 Å². The van der Waals surface area contributed by atoms with Crippen LogP contribution in [0.1, 0.15) is 40.1 Å². The maximum Gasteiger partial charge on any atom is 0.341 e. The molecule has 0 bridgehead atoms. The van der Waals surface area contributed by atoms with Gasteiger partial charge in [-0.05, 0) is 48.6 Å². The van der Waals surface area contributed by atoms with Gasteiger partial charge in [0.05, 0.1) is 25.7 Å². The normalized spacial score (nSPS) is 15.2. The molecule has 34 heavy (non-hydrogen) atoms. The number of hydrogen-bond donors (Lipinski definition) is 1. The zero-order valence-electron chi connectivity index (χ0n) is 19.1. The summed E-state index contributed by atoms with van der Waals surface area (Å²) in [4.78, 5) is 38.5. The minimum Gasteiger partial charge on any atom is -0.481 e. The Morgan fingerprint density at radius 3 is 2.29 bits per heavy atom. The number of carbonyl (C=O) groups is 3. The largest absolute Gasteiger partial charge is 0.481 e. The number of amides is 1. The molecular weight excluding hydrogens is 454 g/mol. The van der Waals surface area contributed by atoms with E-state index in [1.165, 1.54) is 25.6 Å². The minimum atomic E-state index is -0.818. The Morgan fingerprint density at radius 2 is 1.65 bits per heavy atom. The summed E-state index contributed by atoms with van der Waals surface area (Å²) < 4.78 is 15.7. The second-order valence-corrected chi connectivity index (χ2v) is 8.99. The van der Waals surface area contributed by atoms with Crippen molar-refractivity contribution in [2.45, 2.75) is 31.8 Å². The molecule has 1 aromatic heterocycles. The molecule has 1 N–H and O–H groups in total. The minimum absolute atomic E-state index is 0.211. The van der Waals surface area contributed by atoms with Crippen LogP contribution in [0.3, 0.4) is 0 Å². The molecule has 0 saturated carbocycles. The molecule has 176 valence electrons. The Hall–Kier alpha value is -3.65. The maximum atomic E-state index is 12.9. The van der Waals surface area contributed by atoms with Crippen molar-refractivity contribution < 1.29 is 28.6 Å². The van der Waals surface area contributed by atoms with Gasteiger partial charge in [0, 0.05) is 4.88 Å². The van der Waals surface area contributed by atoms with Gasteiger partial charge < -0.3 is 19.5 Å². The fourth-order valence-corrected chi connectivity index (χ4v) is 5.33. The van der Waals surface area contributed by atoms with Crippen molar-refractivity contribution in [2.75, 3.05) is 19.5 Å². The van der Waals surface area contributed by atoms with Crippen molar-refractivity contribution in [3.8, 4) is 16.9 Å². The van der Waals surface area contributed by atoms with Crippen LogP contribution < -0.4 is 10.1 Å². The average Bonchev–Trinajstić information content (AvgIpc) is 3.42. The molecule has 2 atom stereocenters. The summed E-state index contributed by atoms with van der Waals surface area (Å²) in [5.41, 5.74) is 2.93. The smallest absolute Gasteiger partial charge is 0.341 e. The van der Waals surface area contributed by atoms with Crippen LogP contribution in [0, 0.1) is 0 Å². The molecule has 0 saturated heterocycles. The molecule has 4 rings (SSSR count). The lowest BCUT2D eigenvalue weighted by molar-refractivity contribution is -0.142. The van der Waals surface area contributed by atoms with E-state index in [0.29, 0.717) is 29.2 Å². The molecule has 1 heterocycles. The van der Waals surface area contributed by atoms with Gasteiger partial charge in [0.25, 0.3) is 5.91 Å². The number of benzene rings is 2. The second kappa shape index (κ2) is 10.1. The molecule has 0 unspecified atom stereocenters. The lowest BCUT2D eigenvalue weighted by Crippen LogP contribution is -2.30. The molecule has 1 amide bonds. The molecular formula is C26H25NO6S. The van der Waals surface area contributed by atoms with E-state index in [1.807, 2.05) is 54.6 Å². The number of esters is 2. The predicted molar refractivity (Wildman–Crippen MR) is 129 cm³/mol. The molecule has 8 heteroatoms. The van der Waals surface area contributed by atoms with Crippen molar-refractivity contribution in [3.05, 3.63) is 70.6 Å². The van der Waals surface area contributed by atoms with Gasteiger partial charge in [0.15, 0.2) is 6.10 Å². The Labute approximate surface area is 201 Å². The van der Waals surface area contributed by atoms with E-state index in [9.17, 15) is 14.4 Å². The number of aryl methyl sites for hydroxylation is 1. The van der Waals surface area contributed by atoms with Gasteiger partial charge >= 0.3 is 11.9 Å². The van der Waals surface area contributed by atoms with Gasteiger partial charge in [-0.3, -0.25) is 9.59 Å². The van der Waals surface area contributed by atoms with E-state index in [2.05, 4.69) is 5.32 Å². The molecule has 1 aliphatic carbocycles. The van der Waals surface area contributed by atoms with Crippen molar-refractivity contribution >= 4 is 34.2 Å². The number of hydrogen-bond acceptors (Lipinski definition) is 7. The lowest BCUT2D eigenvalue weighted by Gasteiger charge is -2.16. The first-order valence-electron chi connectivity index (χ1n) is 10.9. The summed E-state index contributed by atoms with van der Waals surface area (Å²) >= 11 is 1.28. The van der Waals surface area contributed by atoms with Gasteiger partial charge in [0.2, 0.25) is 0 Å². The average molecular weight is 480 g/mol.